The molecule has 2 fully saturated rings. The van der Waals surface area contributed by atoms with Gasteiger partial charge in [0.2, 0.25) is 11.9 Å². The van der Waals surface area contributed by atoms with Crippen LogP contribution < -0.4 is 10.6 Å². The van der Waals surface area contributed by atoms with Gasteiger partial charge in [-0.2, -0.15) is 0 Å². The number of amides is 1. The summed E-state index contributed by atoms with van der Waals surface area (Å²) in [5.41, 5.74) is 1.31. The molecule has 2 aromatic rings. The van der Waals surface area contributed by atoms with Crippen LogP contribution in [0.1, 0.15) is 6.92 Å². The Hall–Kier alpha value is -2.58. The highest BCUT2D eigenvalue weighted by atomic mass is 19.1. The molecule has 4 unspecified atom stereocenters. The summed E-state index contributed by atoms with van der Waals surface area (Å²) < 4.78 is 25.0. The Bertz CT molecular complexity index is 819. The average molecular weight is 358 g/mol. The van der Waals surface area contributed by atoms with E-state index in [9.17, 15) is 9.18 Å². The van der Waals surface area contributed by atoms with Crippen molar-refractivity contribution >= 4 is 11.9 Å². The number of hydrogen-bond donors (Lipinski definition) is 2. The van der Waals surface area contributed by atoms with Crippen LogP contribution in [-0.4, -0.2) is 53.4 Å². The molecule has 136 valence electrons. The van der Waals surface area contributed by atoms with E-state index in [1.54, 1.807) is 24.4 Å². The zero-order valence-corrected chi connectivity index (χ0v) is 14.2. The second kappa shape index (κ2) is 6.97. The third-order valence-electron chi connectivity index (χ3n) is 4.53. The van der Waals surface area contributed by atoms with Gasteiger partial charge in [-0.3, -0.25) is 4.79 Å². The van der Waals surface area contributed by atoms with Crippen molar-refractivity contribution in [2.24, 2.45) is 0 Å². The van der Waals surface area contributed by atoms with Crippen molar-refractivity contribution in [3.63, 3.8) is 0 Å². The van der Waals surface area contributed by atoms with Crippen molar-refractivity contribution in [1.29, 1.82) is 0 Å². The number of rotatable bonds is 4. The molecule has 2 aliphatic heterocycles. The maximum atomic E-state index is 13.4. The van der Waals surface area contributed by atoms with Crippen LogP contribution in [0.4, 0.5) is 10.3 Å². The number of aromatic nitrogens is 2. The molecule has 1 aromatic heterocycles. The summed E-state index contributed by atoms with van der Waals surface area (Å²) in [6, 6.07) is 7.71. The number of ether oxygens (including phenoxy) is 2. The van der Waals surface area contributed by atoms with Gasteiger partial charge in [-0.25, -0.2) is 14.4 Å². The molecule has 7 nitrogen and oxygen atoms in total. The van der Waals surface area contributed by atoms with E-state index in [0.717, 1.165) is 0 Å². The van der Waals surface area contributed by atoms with Crippen LogP contribution in [-0.2, 0) is 14.3 Å². The number of carbonyl (C=O) groups is 1. The second-order valence-corrected chi connectivity index (χ2v) is 6.43. The zero-order valence-electron chi connectivity index (χ0n) is 14.2. The third kappa shape index (κ3) is 3.38. The first-order chi connectivity index (χ1) is 12.6. The van der Waals surface area contributed by atoms with E-state index in [1.165, 1.54) is 19.1 Å². The molecule has 4 rings (SSSR count). The van der Waals surface area contributed by atoms with Crippen molar-refractivity contribution in [3.05, 3.63) is 42.3 Å². The van der Waals surface area contributed by atoms with Crippen LogP contribution in [0.5, 0.6) is 0 Å². The first kappa shape index (κ1) is 16.9. The van der Waals surface area contributed by atoms with Gasteiger partial charge in [0.25, 0.3) is 0 Å². The van der Waals surface area contributed by atoms with Crippen molar-refractivity contribution < 1.29 is 18.7 Å². The fraction of sp³-hybridized carbons (Fsp3) is 0.389. The van der Waals surface area contributed by atoms with Crippen molar-refractivity contribution in [2.75, 3.05) is 18.5 Å². The Kier molecular flexibility index (Phi) is 4.52. The van der Waals surface area contributed by atoms with E-state index in [0.29, 0.717) is 30.4 Å². The summed E-state index contributed by atoms with van der Waals surface area (Å²) >= 11 is 0. The highest BCUT2D eigenvalue weighted by molar-refractivity contribution is 5.73. The lowest BCUT2D eigenvalue weighted by Crippen LogP contribution is -2.44. The number of benzene rings is 1. The SMILES string of the molecule is CC(=O)NC1COC2C(Nc3nccc(-c4cccc(F)c4)n3)COC12. The molecule has 1 aromatic carbocycles. The van der Waals surface area contributed by atoms with Gasteiger partial charge >= 0.3 is 0 Å². The highest BCUT2D eigenvalue weighted by Gasteiger charge is 2.48. The van der Waals surface area contributed by atoms with Crippen LogP contribution >= 0.6 is 0 Å². The van der Waals surface area contributed by atoms with Gasteiger partial charge in [-0.15, -0.1) is 0 Å². The lowest BCUT2D eigenvalue weighted by Gasteiger charge is -2.18. The van der Waals surface area contributed by atoms with Gasteiger partial charge in [0, 0.05) is 18.7 Å². The number of carbonyl (C=O) groups excluding carboxylic acids is 1. The molecular formula is C18H19FN4O3. The number of anilines is 1. The van der Waals surface area contributed by atoms with E-state index in [2.05, 4.69) is 20.6 Å². The summed E-state index contributed by atoms with van der Waals surface area (Å²) in [4.78, 5) is 20.0. The molecule has 26 heavy (non-hydrogen) atoms. The largest absolute Gasteiger partial charge is 0.371 e. The molecule has 8 heteroatoms. The molecule has 2 saturated heterocycles. The molecule has 0 aliphatic carbocycles. The molecule has 0 radical (unpaired) electrons. The van der Waals surface area contributed by atoms with E-state index in [-0.39, 0.29) is 36.0 Å². The third-order valence-corrected chi connectivity index (χ3v) is 4.53. The van der Waals surface area contributed by atoms with Gasteiger partial charge in [0.05, 0.1) is 31.0 Å². The van der Waals surface area contributed by atoms with Crippen LogP contribution in [0.3, 0.4) is 0 Å². The fourth-order valence-electron chi connectivity index (χ4n) is 3.41. The Morgan fingerprint density at radius 3 is 2.73 bits per heavy atom. The first-order valence-electron chi connectivity index (χ1n) is 8.46. The van der Waals surface area contributed by atoms with Crippen molar-refractivity contribution in [3.8, 4) is 11.3 Å². The molecule has 2 N–H and O–H groups in total. The number of fused-ring (bicyclic) bond motifs is 1. The maximum absolute atomic E-state index is 13.4. The predicted octanol–water partition coefficient (Wildman–Crippen LogP) is 1.37. The van der Waals surface area contributed by atoms with E-state index in [4.69, 9.17) is 9.47 Å². The van der Waals surface area contributed by atoms with Crippen molar-refractivity contribution in [1.82, 2.24) is 15.3 Å². The summed E-state index contributed by atoms with van der Waals surface area (Å²) in [7, 11) is 0. The lowest BCUT2D eigenvalue weighted by molar-refractivity contribution is -0.120. The number of hydrogen-bond acceptors (Lipinski definition) is 6. The number of halogens is 1. The monoisotopic (exact) mass is 358 g/mol. The molecule has 0 spiro atoms. The smallest absolute Gasteiger partial charge is 0.223 e. The summed E-state index contributed by atoms with van der Waals surface area (Å²) in [6.07, 6.45) is 1.24. The number of nitrogens with one attached hydrogen (secondary N) is 2. The fourth-order valence-corrected chi connectivity index (χ4v) is 3.41. The van der Waals surface area contributed by atoms with Gasteiger partial charge in [0.15, 0.2) is 0 Å². The summed E-state index contributed by atoms with van der Waals surface area (Å²) in [6.45, 7) is 2.32. The molecule has 0 bridgehead atoms. The predicted molar refractivity (Wildman–Crippen MR) is 91.9 cm³/mol. The minimum absolute atomic E-state index is 0.106. The van der Waals surface area contributed by atoms with Gasteiger partial charge in [0.1, 0.15) is 18.0 Å². The Balaban J connectivity index is 1.47. The van der Waals surface area contributed by atoms with Gasteiger partial charge in [-0.1, -0.05) is 12.1 Å². The molecule has 1 amide bonds. The Morgan fingerprint density at radius 2 is 1.96 bits per heavy atom. The van der Waals surface area contributed by atoms with Crippen LogP contribution in [0.2, 0.25) is 0 Å². The van der Waals surface area contributed by atoms with Crippen molar-refractivity contribution in [2.45, 2.75) is 31.2 Å². The van der Waals surface area contributed by atoms with Crippen LogP contribution in [0, 0.1) is 5.82 Å². The maximum Gasteiger partial charge on any atom is 0.223 e. The normalized spacial score (nSPS) is 27.2. The number of nitrogens with zero attached hydrogens (tertiary/aromatic N) is 2. The van der Waals surface area contributed by atoms with Crippen LogP contribution in [0.25, 0.3) is 11.3 Å². The average Bonchev–Trinajstić information content (AvgIpc) is 3.19. The second-order valence-electron chi connectivity index (χ2n) is 6.43. The molecule has 3 heterocycles. The first-order valence-corrected chi connectivity index (χ1v) is 8.46. The molecule has 0 saturated carbocycles. The Labute approximate surface area is 149 Å². The van der Waals surface area contributed by atoms with E-state index >= 15 is 0 Å². The van der Waals surface area contributed by atoms with Crippen LogP contribution in [0.15, 0.2) is 36.5 Å². The van der Waals surface area contributed by atoms with E-state index in [1.807, 2.05) is 0 Å². The lowest BCUT2D eigenvalue weighted by atomic mass is 10.1. The molecule has 2 aliphatic rings. The molecule has 4 atom stereocenters. The minimum Gasteiger partial charge on any atom is -0.371 e. The summed E-state index contributed by atoms with van der Waals surface area (Å²) in [5.74, 6) is 0.00370. The summed E-state index contributed by atoms with van der Waals surface area (Å²) in [5, 5.41) is 6.08. The van der Waals surface area contributed by atoms with E-state index < -0.39 is 0 Å². The quantitative estimate of drug-likeness (QED) is 0.859. The van der Waals surface area contributed by atoms with Gasteiger partial charge < -0.3 is 20.1 Å². The topological polar surface area (TPSA) is 85.4 Å². The molecular weight excluding hydrogens is 339 g/mol. The minimum atomic E-state index is -0.314. The Morgan fingerprint density at radius 1 is 1.19 bits per heavy atom. The zero-order chi connectivity index (χ0) is 18.1. The standard InChI is InChI=1S/C18H19FN4O3/c1-10(24)21-14-8-25-17-15(9-26-16(14)17)23-18-20-6-5-13(22-18)11-3-2-4-12(19)7-11/h2-7,14-17H,8-9H2,1H3,(H,21,24)(H,20,22,23). The van der Waals surface area contributed by atoms with Gasteiger partial charge in [-0.05, 0) is 18.2 Å². The highest BCUT2D eigenvalue weighted by Crippen LogP contribution is 2.29.